The third-order valence-electron chi connectivity index (χ3n) is 5.05. The van der Waals surface area contributed by atoms with Crippen LogP contribution in [0.5, 0.6) is 11.5 Å². The van der Waals surface area contributed by atoms with Crippen molar-refractivity contribution in [1.82, 2.24) is 10.6 Å². The van der Waals surface area contributed by atoms with Gasteiger partial charge < -0.3 is 24.8 Å². The molecule has 2 aromatic carbocycles. The summed E-state index contributed by atoms with van der Waals surface area (Å²) in [6.07, 6.45) is -0.123. The van der Waals surface area contributed by atoms with Crippen LogP contribution in [-0.2, 0) is 19.7 Å². The van der Waals surface area contributed by atoms with E-state index >= 15 is 0 Å². The van der Waals surface area contributed by atoms with Crippen molar-refractivity contribution in [2.45, 2.75) is 32.6 Å². The molecule has 0 spiro atoms. The van der Waals surface area contributed by atoms with Crippen LogP contribution < -0.4 is 25.4 Å². The smallest absolute Gasteiger partial charge is 0.325 e. The first kappa shape index (κ1) is 25.5. The largest absolute Gasteiger partial charge is 0.486 e. The van der Waals surface area contributed by atoms with Crippen LogP contribution in [-0.4, -0.2) is 50.2 Å². The number of imide groups is 1. The minimum Gasteiger partial charge on any atom is -0.486 e. The number of rotatable bonds is 7. The number of nitrogens with one attached hydrogen (secondary N) is 3. The van der Waals surface area contributed by atoms with Crippen LogP contribution in [0.1, 0.15) is 43.1 Å². The van der Waals surface area contributed by atoms with E-state index in [2.05, 4.69) is 36.7 Å². The zero-order valence-corrected chi connectivity index (χ0v) is 19.9. The zero-order chi connectivity index (χ0) is 25.4. The average Bonchev–Trinajstić information content (AvgIpc) is 2.82. The lowest BCUT2D eigenvalue weighted by atomic mass is 9.87. The summed E-state index contributed by atoms with van der Waals surface area (Å²) in [5.41, 5.74) is 1.97. The number of ether oxygens (including phenoxy) is 3. The number of anilines is 1. The van der Waals surface area contributed by atoms with Gasteiger partial charge in [0.15, 0.2) is 18.1 Å². The SMILES string of the molecule is CC(C)(C)c1ccc(C(=O)NCCC(=O)OCC(=O)NC(=O)Nc2ccc3c(c2)OCCO3)cc1. The lowest BCUT2D eigenvalue weighted by Gasteiger charge is -2.19. The molecular weight excluding hydrogens is 454 g/mol. The fourth-order valence-electron chi connectivity index (χ4n) is 3.17. The van der Waals surface area contributed by atoms with E-state index in [9.17, 15) is 19.2 Å². The molecule has 10 nitrogen and oxygen atoms in total. The molecule has 10 heteroatoms. The number of urea groups is 1. The predicted molar refractivity (Wildman–Crippen MR) is 128 cm³/mol. The minimum absolute atomic E-state index is 0.0167. The Labute approximate surface area is 203 Å². The molecule has 0 aliphatic carbocycles. The molecule has 3 rings (SSSR count). The quantitative estimate of drug-likeness (QED) is 0.516. The molecule has 0 aromatic heterocycles. The second-order valence-electron chi connectivity index (χ2n) is 8.85. The highest BCUT2D eigenvalue weighted by atomic mass is 16.6. The van der Waals surface area contributed by atoms with E-state index in [1.54, 1.807) is 30.3 Å². The van der Waals surface area contributed by atoms with Crippen LogP contribution in [0.4, 0.5) is 10.5 Å². The third-order valence-corrected chi connectivity index (χ3v) is 5.05. The fraction of sp³-hybridized carbons (Fsp3) is 0.360. The molecule has 0 bridgehead atoms. The van der Waals surface area contributed by atoms with Gasteiger partial charge in [0.1, 0.15) is 13.2 Å². The molecule has 186 valence electrons. The van der Waals surface area contributed by atoms with E-state index in [1.807, 2.05) is 12.1 Å². The molecule has 1 aliphatic rings. The maximum absolute atomic E-state index is 12.2. The lowest BCUT2D eigenvalue weighted by Crippen LogP contribution is -2.37. The summed E-state index contributed by atoms with van der Waals surface area (Å²) in [6, 6.07) is 11.3. The third kappa shape index (κ3) is 7.73. The molecule has 0 saturated heterocycles. The van der Waals surface area contributed by atoms with Crippen molar-refractivity contribution in [3.05, 3.63) is 53.6 Å². The Balaban J connectivity index is 1.33. The molecule has 35 heavy (non-hydrogen) atoms. The summed E-state index contributed by atoms with van der Waals surface area (Å²) in [4.78, 5) is 47.9. The summed E-state index contributed by atoms with van der Waals surface area (Å²) in [5, 5.41) is 7.19. The summed E-state index contributed by atoms with van der Waals surface area (Å²) in [5.74, 6) is -0.734. The Morgan fingerprint density at radius 2 is 1.63 bits per heavy atom. The van der Waals surface area contributed by atoms with Crippen molar-refractivity contribution in [1.29, 1.82) is 0 Å². The van der Waals surface area contributed by atoms with Crippen LogP contribution in [0.15, 0.2) is 42.5 Å². The highest BCUT2D eigenvalue weighted by molar-refractivity contribution is 6.02. The Bertz CT molecular complexity index is 1090. The summed E-state index contributed by atoms with van der Waals surface area (Å²) in [6.45, 7) is 6.52. The Morgan fingerprint density at radius 1 is 0.943 bits per heavy atom. The molecule has 2 aromatic rings. The molecule has 1 heterocycles. The van der Waals surface area contributed by atoms with E-state index < -0.39 is 24.5 Å². The maximum atomic E-state index is 12.2. The molecule has 3 N–H and O–H groups in total. The van der Waals surface area contributed by atoms with Gasteiger partial charge >= 0.3 is 12.0 Å². The molecule has 0 radical (unpaired) electrons. The highest BCUT2D eigenvalue weighted by Gasteiger charge is 2.16. The zero-order valence-electron chi connectivity index (χ0n) is 19.9. The molecule has 0 unspecified atom stereocenters. The van der Waals surface area contributed by atoms with Gasteiger partial charge in [-0.2, -0.15) is 0 Å². The molecule has 0 saturated carbocycles. The Kier molecular flexibility index (Phi) is 8.30. The number of benzene rings is 2. The number of esters is 1. The number of carbonyl (C=O) groups is 4. The molecule has 1 aliphatic heterocycles. The molecule has 0 fully saturated rings. The van der Waals surface area contributed by atoms with Crippen LogP contribution >= 0.6 is 0 Å². The van der Waals surface area contributed by atoms with Crippen molar-refractivity contribution >= 4 is 29.5 Å². The monoisotopic (exact) mass is 483 g/mol. The summed E-state index contributed by atoms with van der Waals surface area (Å²) in [7, 11) is 0. The van der Waals surface area contributed by atoms with Gasteiger partial charge in [-0.3, -0.25) is 19.7 Å². The van der Waals surface area contributed by atoms with Gasteiger partial charge in [0, 0.05) is 23.9 Å². The van der Waals surface area contributed by atoms with Crippen LogP contribution in [0.3, 0.4) is 0 Å². The van der Waals surface area contributed by atoms with E-state index in [0.717, 1.165) is 5.56 Å². The highest BCUT2D eigenvalue weighted by Crippen LogP contribution is 2.32. The minimum atomic E-state index is -0.795. The topological polar surface area (TPSA) is 132 Å². The van der Waals surface area contributed by atoms with E-state index in [1.165, 1.54) is 0 Å². The normalized spacial score (nSPS) is 12.3. The van der Waals surface area contributed by atoms with Gasteiger partial charge in [-0.25, -0.2) is 4.79 Å². The van der Waals surface area contributed by atoms with Crippen molar-refractivity contribution < 1.29 is 33.4 Å². The van der Waals surface area contributed by atoms with Crippen molar-refractivity contribution in [3.8, 4) is 11.5 Å². The van der Waals surface area contributed by atoms with Crippen LogP contribution in [0.25, 0.3) is 0 Å². The molecule has 0 atom stereocenters. The molecule has 4 amide bonds. The van der Waals surface area contributed by atoms with Crippen molar-refractivity contribution in [2.75, 3.05) is 31.7 Å². The van der Waals surface area contributed by atoms with Crippen LogP contribution in [0.2, 0.25) is 0 Å². The number of amides is 4. The number of carbonyl (C=O) groups excluding carboxylic acids is 4. The first-order valence-corrected chi connectivity index (χ1v) is 11.2. The van der Waals surface area contributed by atoms with Gasteiger partial charge in [-0.1, -0.05) is 32.9 Å². The van der Waals surface area contributed by atoms with E-state index in [-0.39, 0.29) is 24.3 Å². The predicted octanol–water partition coefficient (Wildman–Crippen LogP) is 2.77. The van der Waals surface area contributed by atoms with Crippen molar-refractivity contribution in [3.63, 3.8) is 0 Å². The van der Waals surface area contributed by atoms with Gasteiger partial charge in [0.25, 0.3) is 11.8 Å². The Hall–Kier alpha value is -4.08. The van der Waals surface area contributed by atoms with Gasteiger partial charge in [0.05, 0.1) is 6.42 Å². The van der Waals surface area contributed by atoms with Gasteiger partial charge in [-0.05, 0) is 35.2 Å². The number of fused-ring (bicyclic) bond motifs is 1. The van der Waals surface area contributed by atoms with Gasteiger partial charge in [0.2, 0.25) is 0 Å². The number of hydrogen-bond acceptors (Lipinski definition) is 7. The first-order chi connectivity index (χ1) is 16.6. The fourth-order valence-corrected chi connectivity index (χ4v) is 3.17. The summed E-state index contributed by atoms with van der Waals surface area (Å²) < 4.78 is 15.7. The van der Waals surface area contributed by atoms with Crippen LogP contribution in [0, 0.1) is 0 Å². The maximum Gasteiger partial charge on any atom is 0.325 e. The standard InChI is InChI=1S/C25H29N3O7/c1-25(2,3)17-6-4-16(5-7-17)23(31)26-11-10-22(30)35-15-21(29)28-24(32)27-18-8-9-19-20(14-18)34-13-12-33-19/h4-9,14H,10-13,15H2,1-3H3,(H,26,31)(H2,27,28,29,32). The summed E-state index contributed by atoms with van der Waals surface area (Å²) >= 11 is 0. The van der Waals surface area contributed by atoms with Gasteiger partial charge in [-0.15, -0.1) is 0 Å². The Morgan fingerprint density at radius 3 is 2.31 bits per heavy atom. The van der Waals surface area contributed by atoms with Crippen molar-refractivity contribution in [2.24, 2.45) is 0 Å². The lowest BCUT2D eigenvalue weighted by molar-refractivity contribution is -0.148. The first-order valence-electron chi connectivity index (χ1n) is 11.2. The number of hydrogen-bond donors (Lipinski definition) is 3. The second-order valence-corrected chi connectivity index (χ2v) is 8.85. The second kappa shape index (κ2) is 11.4. The van der Waals surface area contributed by atoms with E-state index in [4.69, 9.17) is 14.2 Å². The molecular formula is C25H29N3O7. The average molecular weight is 484 g/mol. The van der Waals surface area contributed by atoms with E-state index in [0.29, 0.717) is 36.0 Å².